The second-order valence-corrected chi connectivity index (χ2v) is 7.09. The molecule has 0 atom stereocenters. The Morgan fingerprint density at radius 2 is 2.36 bits per heavy atom. The third kappa shape index (κ3) is 3.83. The molecule has 146 valence electrons. The number of aryl methyl sites for hydroxylation is 1. The van der Waals surface area contributed by atoms with Gasteiger partial charge in [-0.3, -0.25) is 9.89 Å². The predicted molar refractivity (Wildman–Crippen MR) is 106 cm³/mol. The third-order valence-corrected chi connectivity index (χ3v) is 5.26. The van der Waals surface area contributed by atoms with Crippen molar-refractivity contribution in [3.8, 4) is 0 Å². The number of allylic oxidation sites excluding steroid dienone is 1. The maximum Gasteiger partial charge on any atom is 0.230 e. The highest BCUT2D eigenvalue weighted by Crippen LogP contribution is 2.29. The van der Waals surface area contributed by atoms with E-state index in [1.165, 1.54) is 23.6 Å². The van der Waals surface area contributed by atoms with Crippen molar-refractivity contribution in [2.75, 3.05) is 0 Å². The van der Waals surface area contributed by atoms with Crippen LogP contribution in [0.2, 0.25) is 0 Å². The van der Waals surface area contributed by atoms with Gasteiger partial charge in [-0.1, -0.05) is 0 Å². The van der Waals surface area contributed by atoms with Crippen molar-refractivity contribution in [3.63, 3.8) is 0 Å². The highest BCUT2D eigenvalue weighted by molar-refractivity contribution is 7.19. The minimum absolute atomic E-state index is 0.0825. The van der Waals surface area contributed by atoms with Crippen molar-refractivity contribution >= 4 is 40.0 Å². The van der Waals surface area contributed by atoms with Gasteiger partial charge in [-0.15, -0.1) is 11.3 Å². The minimum atomic E-state index is -0.526. The number of aromatic nitrogens is 4. The second-order valence-electron chi connectivity index (χ2n) is 6.01. The molecule has 3 rings (SSSR count). The third-order valence-electron chi connectivity index (χ3n) is 4.18. The quantitative estimate of drug-likeness (QED) is 0.301. The standard InChI is InChI=1S/C17H19FN8OS/c1-10-12(6-22-26(9-27)8-14-13(18)7-21-24-14)16-17(25(10)2)23-15(28-16)5-11(20)3-4-19/h3-4,6-7,9,20H,5,8,19H2,1-2H3,(H,21,24)/b4-3-,20-11?,22-6-. The van der Waals surface area contributed by atoms with E-state index in [0.717, 1.165) is 37.8 Å². The minimum Gasteiger partial charge on any atom is -0.405 e. The van der Waals surface area contributed by atoms with Gasteiger partial charge in [0.25, 0.3) is 0 Å². The second kappa shape index (κ2) is 8.13. The van der Waals surface area contributed by atoms with Gasteiger partial charge in [0.15, 0.2) is 11.5 Å². The number of H-pyrrole nitrogens is 1. The van der Waals surface area contributed by atoms with E-state index < -0.39 is 5.82 Å². The number of hydrogen-bond donors (Lipinski definition) is 3. The molecule has 0 spiro atoms. The molecule has 3 aromatic heterocycles. The van der Waals surface area contributed by atoms with Crippen molar-refractivity contribution in [2.45, 2.75) is 19.9 Å². The fourth-order valence-electron chi connectivity index (χ4n) is 2.63. The van der Waals surface area contributed by atoms with Crippen molar-refractivity contribution < 1.29 is 9.18 Å². The number of aromatic amines is 1. The first-order chi connectivity index (χ1) is 13.4. The molecular formula is C17H19FN8OS. The summed E-state index contributed by atoms with van der Waals surface area (Å²) in [4.78, 5) is 15.9. The summed E-state index contributed by atoms with van der Waals surface area (Å²) < 4.78 is 16.4. The Hall–Kier alpha value is -3.34. The molecule has 0 fully saturated rings. The van der Waals surface area contributed by atoms with Crippen LogP contribution in [0.3, 0.4) is 0 Å². The lowest BCUT2D eigenvalue weighted by molar-refractivity contribution is -0.118. The SMILES string of the molecule is Cc1c(/C=N\N(C=O)Cc2n[nH]cc2F)c2sc(CC(=N)/C=C\N)nc2n1C. The van der Waals surface area contributed by atoms with Crippen LogP contribution in [0, 0.1) is 18.2 Å². The number of amides is 1. The molecule has 0 saturated carbocycles. The monoisotopic (exact) mass is 402 g/mol. The van der Waals surface area contributed by atoms with Gasteiger partial charge in [0.1, 0.15) is 10.7 Å². The van der Waals surface area contributed by atoms with Gasteiger partial charge in [-0.25, -0.2) is 14.4 Å². The van der Waals surface area contributed by atoms with E-state index in [-0.39, 0.29) is 12.2 Å². The predicted octanol–water partition coefficient (Wildman–Crippen LogP) is 1.83. The van der Waals surface area contributed by atoms with Crippen molar-refractivity contribution in [3.05, 3.63) is 46.2 Å². The molecule has 0 radical (unpaired) electrons. The van der Waals surface area contributed by atoms with Gasteiger partial charge in [-0.2, -0.15) is 10.2 Å². The van der Waals surface area contributed by atoms with Crippen LogP contribution in [0.15, 0.2) is 23.6 Å². The molecule has 28 heavy (non-hydrogen) atoms. The summed E-state index contributed by atoms with van der Waals surface area (Å²) in [6.45, 7) is 1.84. The Morgan fingerprint density at radius 3 is 3.00 bits per heavy atom. The van der Waals surface area contributed by atoms with Gasteiger partial charge in [0.2, 0.25) is 6.41 Å². The highest BCUT2D eigenvalue weighted by Gasteiger charge is 2.17. The van der Waals surface area contributed by atoms with Crippen LogP contribution >= 0.6 is 11.3 Å². The highest BCUT2D eigenvalue weighted by atomic mass is 32.1. The lowest BCUT2D eigenvalue weighted by atomic mass is 10.3. The Balaban J connectivity index is 1.88. The van der Waals surface area contributed by atoms with E-state index in [4.69, 9.17) is 11.1 Å². The maximum atomic E-state index is 13.5. The van der Waals surface area contributed by atoms with Gasteiger partial charge < -0.3 is 15.7 Å². The number of rotatable bonds is 8. The van der Waals surface area contributed by atoms with E-state index in [1.54, 1.807) is 6.21 Å². The van der Waals surface area contributed by atoms with E-state index >= 15 is 0 Å². The van der Waals surface area contributed by atoms with E-state index in [2.05, 4.69) is 20.3 Å². The van der Waals surface area contributed by atoms with E-state index in [1.807, 2.05) is 18.5 Å². The molecule has 4 N–H and O–H groups in total. The van der Waals surface area contributed by atoms with Crippen LogP contribution in [-0.4, -0.2) is 43.1 Å². The zero-order valence-corrected chi connectivity index (χ0v) is 16.1. The Kier molecular flexibility index (Phi) is 5.64. The van der Waals surface area contributed by atoms with Gasteiger partial charge in [0.05, 0.1) is 23.7 Å². The number of nitrogens with zero attached hydrogens (tertiary/aromatic N) is 5. The summed E-state index contributed by atoms with van der Waals surface area (Å²) >= 11 is 1.46. The first-order valence-corrected chi connectivity index (χ1v) is 9.10. The molecule has 0 aromatic carbocycles. The molecule has 0 aliphatic heterocycles. The average molecular weight is 402 g/mol. The number of hydrogen-bond acceptors (Lipinski definition) is 7. The number of hydrazone groups is 1. The molecule has 3 heterocycles. The molecule has 0 aliphatic carbocycles. The van der Waals surface area contributed by atoms with E-state index in [0.29, 0.717) is 18.5 Å². The number of halogens is 1. The number of carbonyl (C=O) groups excluding carboxylic acids is 1. The van der Waals surface area contributed by atoms with Gasteiger partial charge in [-0.05, 0) is 19.2 Å². The largest absolute Gasteiger partial charge is 0.405 e. The number of nitrogens with one attached hydrogen (secondary N) is 2. The van der Waals surface area contributed by atoms with Crippen molar-refractivity contribution in [1.82, 2.24) is 24.8 Å². The molecule has 11 heteroatoms. The molecule has 9 nitrogen and oxygen atoms in total. The maximum absolute atomic E-state index is 13.5. The number of thiazole rings is 1. The fourth-order valence-corrected chi connectivity index (χ4v) is 3.81. The summed E-state index contributed by atoms with van der Waals surface area (Å²) in [6, 6.07) is 0. The Morgan fingerprint density at radius 1 is 1.57 bits per heavy atom. The number of nitrogens with two attached hydrogens (primary N) is 1. The summed E-state index contributed by atoms with van der Waals surface area (Å²) in [6.07, 6.45) is 6.41. The van der Waals surface area contributed by atoms with Crippen LogP contribution in [0.4, 0.5) is 4.39 Å². The zero-order valence-electron chi connectivity index (χ0n) is 15.3. The van der Waals surface area contributed by atoms with Crippen LogP contribution in [-0.2, 0) is 24.8 Å². The lowest BCUT2D eigenvalue weighted by Gasteiger charge is -2.08. The first kappa shape index (κ1) is 19.4. The summed E-state index contributed by atoms with van der Waals surface area (Å²) in [5, 5.41) is 20.0. The number of fused-ring (bicyclic) bond motifs is 1. The molecule has 0 aliphatic rings. The molecule has 0 unspecified atom stereocenters. The van der Waals surface area contributed by atoms with Crippen LogP contribution in [0.5, 0.6) is 0 Å². The Bertz CT molecular complexity index is 1080. The summed E-state index contributed by atoms with van der Waals surface area (Å²) in [7, 11) is 1.89. The van der Waals surface area contributed by atoms with Gasteiger partial charge in [0, 0.05) is 30.4 Å². The summed E-state index contributed by atoms with van der Waals surface area (Å²) in [5.41, 5.74) is 8.31. The topological polar surface area (TPSA) is 129 Å². The van der Waals surface area contributed by atoms with Crippen molar-refractivity contribution in [2.24, 2.45) is 17.9 Å². The lowest BCUT2D eigenvalue weighted by Crippen LogP contribution is -2.16. The first-order valence-electron chi connectivity index (χ1n) is 8.29. The molecule has 3 aromatic rings. The fraction of sp³-hybridized carbons (Fsp3) is 0.235. The number of carbonyl (C=O) groups is 1. The van der Waals surface area contributed by atoms with E-state index in [9.17, 15) is 9.18 Å². The van der Waals surface area contributed by atoms with Crippen LogP contribution in [0.25, 0.3) is 10.3 Å². The molecule has 0 saturated heterocycles. The summed E-state index contributed by atoms with van der Waals surface area (Å²) in [5.74, 6) is -0.526. The van der Waals surface area contributed by atoms with Crippen molar-refractivity contribution in [1.29, 1.82) is 5.41 Å². The van der Waals surface area contributed by atoms with Crippen LogP contribution in [0.1, 0.15) is 22.0 Å². The average Bonchev–Trinajstić information content (AvgIpc) is 3.31. The van der Waals surface area contributed by atoms with Gasteiger partial charge >= 0.3 is 0 Å². The normalized spacial score (nSPS) is 11.8. The Labute approximate surface area is 163 Å². The zero-order chi connectivity index (χ0) is 20.3. The van der Waals surface area contributed by atoms with Crippen LogP contribution < -0.4 is 5.73 Å². The molecular weight excluding hydrogens is 383 g/mol. The molecule has 0 bridgehead atoms. The molecule has 1 amide bonds. The smallest absolute Gasteiger partial charge is 0.230 e.